The van der Waals surface area contributed by atoms with Crippen LogP contribution in [0.5, 0.6) is 0 Å². The van der Waals surface area contributed by atoms with Crippen LogP contribution in [-0.4, -0.2) is 50.3 Å². The number of nitrogens with one attached hydrogen (secondary N) is 2. The number of benzene rings is 1. The largest absolute Gasteiger partial charge is 0.379 e. The number of halogens is 1. The Morgan fingerprint density at radius 1 is 1.40 bits per heavy atom. The van der Waals surface area contributed by atoms with Crippen molar-refractivity contribution in [1.82, 2.24) is 10.2 Å². The van der Waals surface area contributed by atoms with Gasteiger partial charge in [-0.15, -0.1) is 0 Å². The van der Waals surface area contributed by atoms with E-state index in [1.165, 1.54) is 6.07 Å². The molecule has 0 atom stereocenters. The summed E-state index contributed by atoms with van der Waals surface area (Å²) in [4.78, 5) is 13.9. The maximum atomic E-state index is 13.1. The zero-order valence-electron chi connectivity index (χ0n) is 11.6. The van der Waals surface area contributed by atoms with Gasteiger partial charge in [0.05, 0.1) is 13.2 Å². The molecule has 1 aliphatic heterocycles. The van der Waals surface area contributed by atoms with Crippen LogP contribution in [0.15, 0.2) is 18.2 Å². The number of morpholine rings is 1. The van der Waals surface area contributed by atoms with E-state index in [2.05, 4.69) is 15.5 Å². The van der Waals surface area contributed by atoms with Crippen LogP contribution < -0.4 is 10.6 Å². The molecule has 0 spiro atoms. The molecule has 1 aromatic carbocycles. The minimum absolute atomic E-state index is 0.274. The van der Waals surface area contributed by atoms with Gasteiger partial charge in [0.2, 0.25) is 0 Å². The number of nitrogens with zero attached hydrogens (tertiary/aromatic N) is 1. The summed E-state index contributed by atoms with van der Waals surface area (Å²) in [5, 5.41) is 5.47. The highest BCUT2D eigenvalue weighted by molar-refractivity contribution is 5.89. The molecule has 0 aromatic heterocycles. The second-order valence-corrected chi connectivity index (χ2v) is 4.80. The van der Waals surface area contributed by atoms with Gasteiger partial charge in [-0.05, 0) is 30.7 Å². The van der Waals surface area contributed by atoms with E-state index >= 15 is 0 Å². The van der Waals surface area contributed by atoms with Crippen LogP contribution in [0.3, 0.4) is 0 Å². The molecule has 20 heavy (non-hydrogen) atoms. The van der Waals surface area contributed by atoms with Crippen molar-refractivity contribution >= 4 is 11.7 Å². The maximum Gasteiger partial charge on any atom is 0.319 e. The van der Waals surface area contributed by atoms with Gasteiger partial charge in [0.15, 0.2) is 0 Å². The second-order valence-electron chi connectivity index (χ2n) is 4.80. The standard InChI is InChI=1S/C14H20FN3O2/c1-11-10-12(2-3-13(11)15)17-14(19)16-4-5-18-6-8-20-9-7-18/h2-3,10H,4-9H2,1H3,(H2,16,17,19). The van der Waals surface area contributed by atoms with Crippen LogP contribution in [0.25, 0.3) is 0 Å². The molecule has 1 fully saturated rings. The Hall–Kier alpha value is -1.66. The summed E-state index contributed by atoms with van der Waals surface area (Å²) >= 11 is 0. The Balaban J connectivity index is 1.70. The number of anilines is 1. The third-order valence-electron chi connectivity index (χ3n) is 3.23. The highest BCUT2D eigenvalue weighted by Crippen LogP contribution is 2.13. The van der Waals surface area contributed by atoms with Crippen molar-refractivity contribution < 1.29 is 13.9 Å². The number of hydrogen-bond acceptors (Lipinski definition) is 3. The minimum atomic E-state index is -0.275. The summed E-state index contributed by atoms with van der Waals surface area (Å²) in [6.45, 7) is 6.35. The molecule has 6 heteroatoms. The van der Waals surface area contributed by atoms with Gasteiger partial charge in [0.1, 0.15) is 5.82 Å². The van der Waals surface area contributed by atoms with E-state index in [9.17, 15) is 9.18 Å². The van der Waals surface area contributed by atoms with Crippen molar-refractivity contribution in [1.29, 1.82) is 0 Å². The molecular weight excluding hydrogens is 261 g/mol. The normalized spacial score (nSPS) is 15.9. The van der Waals surface area contributed by atoms with E-state index in [1.54, 1.807) is 19.1 Å². The Bertz CT molecular complexity index is 462. The molecule has 2 N–H and O–H groups in total. The SMILES string of the molecule is Cc1cc(NC(=O)NCCN2CCOCC2)ccc1F. The summed E-state index contributed by atoms with van der Waals surface area (Å²) < 4.78 is 18.4. The van der Waals surface area contributed by atoms with Gasteiger partial charge in [-0.25, -0.2) is 9.18 Å². The molecule has 5 nitrogen and oxygen atoms in total. The molecule has 110 valence electrons. The number of aryl methyl sites for hydroxylation is 1. The fourth-order valence-corrected chi connectivity index (χ4v) is 2.05. The van der Waals surface area contributed by atoms with Crippen LogP contribution >= 0.6 is 0 Å². The first-order valence-corrected chi connectivity index (χ1v) is 6.76. The van der Waals surface area contributed by atoms with Crippen molar-refractivity contribution in [3.63, 3.8) is 0 Å². The van der Waals surface area contributed by atoms with Gasteiger partial charge >= 0.3 is 6.03 Å². The average Bonchev–Trinajstić information content (AvgIpc) is 2.44. The van der Waals surface area contributed by atoms with Crippen LogP contribution in [-0.2, 0) is 4.74 Å². The Labute approximate surface area is 118 Å². The fourth-order valence-electron chi connectivity index (χ4n) is 2.05. The van der Waals surface area contributed by atoms with Gasteiger partial charge < -0.3 is 15.4 Å². The van der Waals surface area contributed by atoms with Crippen LogP contribution in [0.4, 0.5) is 14.9 Å². The second kappa shape index (κ2) is 7.21. The van der Waals surface area contributed by atoms with Crippen molar-refractivity contribution in [3.8, 4) is 0 Å². The highest BCUT2D eigenvalue weighted by Gasteiger charge is 2.10. The number of urea groups is 1. The van der Waals surface area contributed by atoms with E-state index in [0.717, 1.165) is 32.8 Å². The van der Waals surface area contributed by atoms with Gasteiger partial charge in [0, 0.05) is 31.9 Å². The van der Waals surface area contributed by atoms with Gasteiger partial charge in [0.25, 0.3) is 0 Å². The molecule has 1 heterocycles. The lowest BCUT2D eigenvalue weighted by Gasteiger charge is -2.26. The van der Waals surface area contributed by atoms with E-state index in [1.807, 2.05) is 0 Å². The molecule has 2 rings (SSSR count). The van der Waals surface area contributed by atoms with E-state index in [4.69, 9.17) is 4.74 Å². The van der Waals surface area contributed by atoms with Crippen molar-refractivity contribution in [3.05, 3.63) is 29.6 Å². The van der Waals surface area contributed by atoms with Crippen LogP contribution in [0.2, 0.25) is 0 Å². The first-order chi connectivity index (χ1) is 9.65. The molecule has 1 saturated heterocycles. The molecule has 0 bridgehead atoms. The predicted octanol–water partition coefficient (Wildman–Crippen LogP) is 1.59. The van der Waals surface area contributed by atoms with Crippen molar-refractivity contribution in [2.45, 2.75) is 6.92 Å². The highest BCUT2D eigenvalue weighted by atomic mass is 19.1. The Morgan fingerprint density at radius 2 is 2.15 bits per heavy atom. The molecule has 2 amide bonds. The topological polar surface area (TPSA) is 53.6 Å². The quantitative estimate of drug-likeness (QED) is 0.881. The third-order valence-corrected chi connectivity index (χ3v) is 3.23. The molecule has 1 aliphatic rings. The zero-order chi connectivity index (χ0) is 14.4. The number of carbonyl (C=O) groups excluding carboxylic acids is 1. The molecule has 0 radical (unpaired) electrons. The van der Waals surface area contributed by atoms with E-state index < -0.39 is 0 Å². The first kappa shape index (κ1) is 14.7. The zero-order valence-corrected chi connectivity index (χ0v) is 11.6. The predicted molar refractivity (Wildman–Crippen MR) is 75.4 cm³/mol. The number of amides is 2. The molecule has 0 unspecified atom stereocenters. The lowest BCUT2D eigenvalue weighted by atomic mass is 10.2. The monoisotopic (exact) mass is 281 g/mol. The average molecular weight is 281 g/mol. The summed E-state index contributed by atoms with van der Waals surface area (Å²) in [5.74, 6) is -0.275. The summed E-state index contributed by atoms with van der Waals surface area (Å²) in [6, 6.07) is 4.23. The Kier molecular flexibility index (Phi) is 5.31. The fraction of sp³-hybridized carbons (Fsp3) is 0.500. The smallest absolute Gasteiger partial charge is 0.319 e. The van der Waals surface area contributed by atoms with E-state index in [0.29, 0.717) is 17.8 Å². The minimum Gasteiger partial charge on any atom is -0.379 e. The Morgan fingerprint density at radius 3 is 2.85 bits per heavy atom. The number of ether oxygens (including phenoxy) is 1. The number of rotatable bonds is 4. The summed E-state index contributed by atoms with van der Waals surface area (Å²) in [6.07, 6.45) is 0. The molecule has 0 saturated carbocycles. The van der Waals surface area contributed by atoms with Gasteiger partial charge in [-0.3, -0.25) is 4.90 Å². The van der Waals surface area contributed by atoms with Gasteiger partial charge in [-0.1, -0.05) is 0 Å². The summed E-state index contributed by atoms with van der Waals surface area (Å²) in [7, 11) is 0. The third kappa shape index (κ3) is 4.47. The molecular formula is C14H20FN3O2. The first-order valence-electron chi connectivity index (χ1n) is 6.76. The number of hydrogen-bond donors (Lipinski definition) is 2. The van der Waals surface area contributed by atoms with Crippen LogP contribution in [0.1, 0.15) is 5.56 Å². The van der Waals surface area contributed by atoms with Crippen molar-refractivity contribution in [2.24, 2.45) is 0 Å². The maximum absolute atomic E-state index is 13.1. The van der Waals surface area contributed by atoms with Crippen LogP contribution in [0, 0.1) is 12.7 Å². The van der Waals surface area contributed by atoms with Crippen molar-refractivity contribution in [2.75, 3.05) is 44.7 Å². The summed E-state index contributed by atoms with van der Waals surface area (Å²) in [5.41, 5.74) is 1.10. The van der Waals surface area contributed by atoms with Gasteiger partial charge in [-0.2, -0.15) is 0 Å². The molecule has 1 aromatic rings. The number of carbonyl (C=O) groups is 1. The lowest BCUT2D eigenvalue weighted by Crippen LogP contribution is -2.42. The lowest BCUT2D eigenvalue weighted by molar-refractivity contribution is 0.0388. The van der Waals surface area contributed by atoms with E-state index in [-0.39, 0.29) is 11.8 Å². The molecule has 0 aliphatic carbocycles.